The molecule has 1 saturated heterocycles. The number of hydrogen-bond donors (Lipinski definition) is 1. The van der Waals surface area contributed by atoms with Gasteiger partial charge in [0.25, 0.3) is 0 Å². The molecule has 0 bridgehead atoms. The zero-order valence-corrected chi connectivity index (χ0v) is 9.28. The predicted molar refractivity (Wildman–Crippen MR) is 61.5 cm³/mol. The van der Waals surface area contributed by atoms with Crippen molar-refractivity contribution in [2.75, 3.05) is 24.7 Å². The molecule has 1 aliphatic rings. The van der Waals surface area contributed by atoms with Crippen molar-refractivity contribution < 1.29 is 4.74 Å². The fraction of sp³-hybridized carbons (Fsp3) is 0.364. The normalized spacial score (nSPS) is 20.5. The summed E-state index contributed by atoms with van der Waals surface area (Å²) < 4.78 is 5.52. The summed E-state index contributed by atoms with van der Waals surface area (Å²) in [6.45, 7) is 2.18. The third-order valence-corrected chi connectivity index (χ3v) is 2.87. The van der Waals surface area contributed by atoms with Crippen LogP contribution in [0.2, 0.25) is 0 Å². The molecule has 0 aliphatic carbocycles. The molecule has 3 rings (SSSR count). The summed E-state index contributed by atoms with van der Waals surface area (Å²) >= 11 is 0. The summed E-state index contributed by atoms with van der Waals surface area (Å²) in [5, 5.41) is 6.98. The number of nitrogens with one attached hydrogen (secondary N) is 1. The first-order chi connectivity index (χ1) is 8.45. The van der Waals surface area contributed by atoms with Gasteiger partial charge in [0.1, 0.15) is 12.1 Å². The van der Waals surface area contributed by atoms with Gasteiger partial charge in [0, 0.05) is 18.9 Å². The van der Waals surface area contributed by atoms with Crippen LogP contribution < -0.4 is 4.90 Å². The largest absolute Gasteiger partial charge is 0.377 e. The van der Waals surface area contributed by atoms with Gasteiger partial charge in [0.15, 0.2) is 0 Å². The number of rotatable bonds is 2. The van der Waals surface area contributed by atoms with Gasteiger partial charge in [0.2, 0.25) is 0 Å². The fourth-order valence-electron chi connectivity index (χ4n) is 2.04. The molecule has 17 heavy (non-hydrogen) atoms. The van der Waals surface area contributed by atoms with Gasteiger partial charge in [-0.2, -0.15) is 5.10 Å². The van der Waals surface area contributed by atoms with Crippen molar-refractivity contribution in [3.05, 3.63) is 36.5 Å². The van der Waals surface area contributed by atoms with E-state index in [2.05, 4.69) is 25.1 Å². The van der Waals surface area contributed by atoms with Crippen molar-refractivity contribution in [1.29, 1.82) is 0 Å². The fourth-order valence-corrected chi connectivity index (χ4v) is 2.04. The van der Waals surface area contributed by atoms with Gasteiger partial charge >= 0.3 is 0 Å². The quantitative estimate of drug-likeness (QED) is 0.827. The van der Waals surface area contributed by atoms with Crippen LogP contribution in [0.1, 0.15) is 11.7 Å². The van der Waals surface area contributed by atoms with E-state index in [0.29, 0.717) is 13.2 Å². The van der Waals surface area contributed by atoms with E-state index in [1.54, 1.807) is 18.7 Å². The van der Waals surface area contributed by atoms with Crippen LogP contribution in [-0.2, 0) is 4.74 Å². The lowest BCUT2D eigenvalue weighted by atomic mass is 10.1. The molecule has 88 valence electrons. The van der Waals surface area contributed by atoms with Crippen LogP contribution >= 0.6 is 0 Å². The van der Waals surface area contributed by atoms with E-state index in [9.17, 15) is 0 Å². The summed E-state index contributed by atoms with van der Waals surface area (Å²) in [5.41, 5.74) is 1.04. The SMILES string of the molecule is c1cc(N2CCOC[C@H]2c2ccn[nH]2)ncn1. The zero-order chi connectivity index (χ0) is 11.5. The minimum Gasteiger partial charge on any atom is -0.377 e. The average molecular weight is 231 g/mol. The lowest BCUT2D eigenvalue weighted by Crippen LogP contribution is -2.40. The van der Waals surface area contributed by atoms with E-state index >= 15 is 0 Å². The van der Waals surface area contributed by atoms with Crippen LogP contribution in [0.5, 0.6) is 0 Å². The lowest BCUT2D eigenvalue weighted by molar-refractivity contribution is 0.0925. The molecule has 6 nitrogen and oxygen atoms in total. The molecule has 0 unspecified atom stereocenters. The van der Waals surface area contributed by atoms with Crippen LogP contribution in [-0.4, -0.2) is 39.9 Å². The lowest BCUT2D eigenvalue weighted by Gasteiger charge is -2.35. The van der Waals surface area contributed by atoms with Gasteiger partial charge in [-0.25, -0.2) is 9.97 Å². The van der Waals surface area contributed by atoms with Gasteiger partial charge in [-0.15, -0.1) is 0 Å². The Morgan fingerprint density at radius 1 is 1.35 bits per heavy atom. The summed E-state index contributed by atoms with van der Waals surface area (Å²) in [6, 6.07) is 4.02. The number of nitrogens with zero attached hydrogens (tertiary/aromatic N) is 4. The summed E-state index contributed by atoms with van der Waals surface area (Å²) in [7, 11) is 0. The van der Waals surface area contributed by atoms with E-state index in [1.807, 2.05) is 12.1 Å². The van der Waals surface area contributed by atoms with Crippen LogP contribution in [0.3, 0.4) is 0 Å². The first-order valence-electron chi connectivity index (χ1n) is 5.55. The van der Waals surface area contributed by atoms with Gasteiger partial charge < -0.3 is 9.64 Å². The molecule has 1 aliphatic heterocycles. The molecule has 1 N–H and O–H groups in total. The van der Waals surface area contributed by atoms with Gasteiger partial charge in [-0.1, -0.05) is 0 Å². The summed E-state index contributed by atoms with van der Waals surface area (Å²) in [6.07, 6.45) is 5.07. The average Bonchev–Trinajstić information content (AvgIpc) is 2.94. The van der Waals surface area contributed by atoms with Crippen molar-refractivity contribution in [2.24, 2.45) is 0 Å². The molecule has 0 spiro atoms. The van der Waals surface area contributed by atoms with E-state index in [0.717, 1.165) is 18.1 Å². The Morgan fingerprint density at radius 2 is 2.35 bits per heavy atom. The summed E-state index contributed by atoms with van der Waals surface area (Å²) in [5.74, 6) is 0.919. The van der Waals surface area contributed by atoms with Crippen molar-refractivity contribution in [3.63, 3.8) is 0 Å². The number of H-pyrrole nitrogens is 1. The highest BCUT2D eigenvalue weighted by Crippen LogP contribution is 2.26. The van der Waals surface area contributed by atoms with Gasteiger partial charge in [-0.3, -0.25) is 5.10 Å². The predicted octanol–water partition coefficient (Wildman–Crippen LogP) is 0.778. The Hall–Kier alpha value is -1.95. The maximum absolute atomic E-state index is 5.52. The van der Waals surface area contributed by atoms with Crippen molar-refractivity contribution in [1.82, 2.24) is 20.2 Å². The van der Waals surface area contributed by atoms with Crippen molar-refractivity contribution >= 4 is 5.82 Å². The van der Waals surface area contributed by atoms with Crippen molar-refractivity contribution in [3.8, 4) is 0 Å². The second-order valence-electron chi connectivity index (χ2n) is 3.86. The monoisotopic (exact) mass is 231 g/mol. The number of aromatic nitrogens is 4. The van der Waals surface area contributed by atoms with Gasteiger partial charge in [-0.05, 0) is 12.1 Å². The Balaban J connectivity index is 1.91. The van der Waals surface area contributed by atoms with E-state index < -0.39 is 0 Å². The minimum absolute atomic E-state index is 0.140. The van der Waals surface area contributed by atoms with Gasteiger partial charge in [0.05, 0.1) is 24.9 Å². The number of aromatic amines is 1. The molecular formula is C11H13N5O. The third-order valence-electron chi connectivity index (χ3n) is 2.87. The number of morpholine rings is 1. The Bertz CT molecular complexity index is 458. The van der Waals surface area contributed by atoms with Crippen LogP contribution in [0.25, 0.3) is 0 Å². The molecule has 0 radical (unpaired) electrons. The maximum Gasteiger partial charge on any atom is 0.132 e. The maximum atomic E-state index is 5.52. The third kappa shape index (κ3) is 1.99. The molecule has 0 aromatic carbocycles. The second-order valence-corrected chi connectivity index (χ2v) is 3.86. The molecule has 2 aromatic rings. The molecular weight excluding hydrogens is 218 g/mol. The standard InChI is InChI=1S/C11H13N5O/c1-4-14-15-9(1)10-7-17-6-5-16(10)11-2-3-12-8-13-11/h1-4,8,10H,5-7H2,(H,14,15)/t10-/m0/s1. The number of hydrogen-bond acceptors (Lipinski definition) is 5. The molecule has 3 heterocycles. The highest BCUT2D eigenvalue weighted by atomic mass is 16.5. The van der Waals surface area contributed by atoms with E-state index in [-0.39, 0.29) is 6.04 Å². The smallest absolute Gasteiger partial charge is 0.132 e. The van der Waals surface area contributed by atoms with Crippen LogP contribution in [0.4, 0.5) is 5.82 Å². The number of anilines is 1. The minimum atomic E-state index is 0.140. The Morgan fingerprint density at radius 3 is 3.12 bits per heavy atom. The highest BCUT2D eigenvalue weighted by molar-refractivity contribution is 5.40. The molecule has 0 amide bonds. The summed E-state index contributed by atoms with van der Waals surface area (Å²) in [4.78, 5) is 10.4. The topological polar surface area (TPSA) is 66.9 Å². The van der Waals surface area contributed by atoms with E-state index in [4.69, 9.17) is 4.74 Å². The van der Waals surface area contributed by atoms with E-state index in [1.165, 1.54) is 0 Å². The van der Waals surface area contributed by atoms with Crippen LogP contribution in [0, 0.1) is 0 Å². The first-order valence-corrected chi connectivity index (χ1v) is 5.55. The second kappa shape index (κ2) is 4.50. The van der Waals surface area contributed by atoms with Crippen molar-refractivity contribution in [2.45, 2.75) is 6.04 Å². The first kappa shape index (κ1) is 10.2. The Kier molecular flexibility index (Phi) is 2.71. The molecule has 1 fully saturated rings. The zero-order valence-electron chi connectivity index (χ0n) is 9.28. The highest BCUT2D eigenvalue weighted by Gasteiger charge is 2.26. The molecule has 1 atom stereocenters. The molecule has 2 aromatic heterocycles. The number of ether oxygens (including phenoxy) is 1. The van der Waals surface area contributed by atoms with Crippen LogP contribution in [0.15, 0.2) is 30.9 Å². The Labute approximate surface area is 98.7 Å². The molecule has 6 heteroatoms. The molecule has 0 saturated carbocycles.